The number of esters is 3. The molecule has 7 fully saturated rings. The predicted molar refractivity (Wildman–Crippen MR) is 105 cm³/mol. The van der Waals surface area contributed by atoms with Crippen LogP contribution in [0.5, 0.6) is 0 Å². The van der Waals surface area contributed by atoms with Crippen LogP contribution in [0.1, 0.15) is 52.4 Å². The molecular formula is C24H30O6. The van der Waals surface area contributed by atoms with E-state index in [1.54, 1.807) is 6.92 Å². The second kappa shape index (κ2) is 6.10. The van der Waals surface area contributed by atoms with Crippen LogP contribution >= 0.6 is 0 Å². The highest BCUT2D eigenvalue weighted by Gasteiger charge is 2.71. The average Bonchev–Trinajstić information content (AvgIpc) is 3.29. The molecule has 7 rings (SSSR count). The Morgan fingerprint density at radius 3 is 2.27 bits per heavy atom. The molecule has 0 aromatic rings. The zero-order chi connectivity index (χ0) is 20.9. The van der Waals surface area contributed by atoms with E-state index < -0.39 is 35.6 Å². The minimum Gasteiger partial charge on any atom is -0.459 e. The van der Waals surface area contributed by atoms with Gasteiger partial charge in [-0.1, -0.05) is 6.58 Å². The summed E-state index contributed by atoms with van der Waals surface area (Å²) in [5.74, 6) is 0.0273. The number of carbonyl (C=O) groups excluding carboxylic acids is 3. The van der Waals surface area contributed by atoms with Gasteiger partial charge in [0, 0.05) is 17.4 Å². The third-order valence-corrected chi connectivity index (χ3v) is 9.49. The zero-order valence-corrected chi connectivity index (χ0v) is 17.7. The summed E-state index contributed by atoms with van der Waals surface area (Å²) < 4.78 is 17.6. The van der Waals surface area contributed by atoms with Crippen molar-refractivity contribution in [2.45, 2.75) is 70.2 Å². The van der Waals surface area contributed by atoms with E-state index in [0.29, 0.717) is 23.8 Å². The van der Waals surface area contributed by atoms with Crippen molar-refractivity contribution in [1.82, 2.24) is 0 Å². The highest BCUT2D eigenvalue weighted by Crippen LogP contribution is 2.62. The van der Waals surface area contributed by atoms with Crippen LogP contribution in [0.2, 0.25) is 0 Å². The summed E-state index contributed by atoms with van der Waals surface area (Å²) in [5, 5.41) is 0. The topological polar surface area (TPSA) is 78.9 Å². The van der Waals surface area contributed by atoms with Gasteiger partial charge in [-0.15, -0.1) is 0 Å². The Balaban J connectivity index is 1.25. The molecule has 0 amide bonds. The summed E-state index contributed by atoms with van der Waals surface area (Å²) in [5.41, 5.74) is -0.128. The molecule has 30 heavy (non-hydrogen) atoms. The number of ether oxygens (including phenoxy) is 3. The minimum absolute atomic E-state index is 0.0609. The smallest absolute Gasteiger partial charge is 0.333 e. The Morgan fingerprint density at radius 2 is 1.67 bits per heavy atom. The lowest BCUT2D eigenvalue weighted by molar-refractivity contribution is -0.211. The molecule has 0 spiro atoms. The molecule has 1 heterocycles. The van der Waals surface area contributed by atoms with E-state index in [2.05, 4.69) is 13.5 Å². The molecule has 1 aliphatic heterocycles. The molecule has 1 saturated heterocycles. The first-order chi connectivity index (χ1) is 14.3. The SMILES string of the molecule is C=C(C)C(=O)OC1C2CC3C1OC(=O)C3C2C(=O)OC1(C)C2CC3CC(C2)CC1C3. The molecule has 6 aliphatic carbocycles. The molecule has 6 bridgehead atoms. The Morgan fingerprint density at radius 1 is 1.03 bits per heavy atom. The molecule has 6 nitrogen and oxygen atoms in total. The van der Waals surface area contributed by atoms with E-state index in [4.69, 9.17) is 14.2 Å². The Kier molecular flexibility index (Phi) is 3.84. The summed E-state index contributed by atoms with van der Waals surface area (Å²) in [7, 11) is 0. The van der Waals surface area contributed by atoms with Gasteiger partial charge in [-0.25, -0.2) is 4.79 Å². The number of hydrogen-bond donors (Lipinski definition) is 0. The normalized spacial score (nSPS) is 51.7. The lowest BCUT2D eigenvalue weighted by Crippen LogP contribution is -2.59. The van der Waals surface area contributed by atoms with Gasteiger partial charge in [-0.05, 0) is 76.0 Å². The maximum atomic E-state index is 13.5. The van der Waals surface area contributed by atoms with Crippen LogP contribution < -0.4 is 0 Å². The van der Waals surface area contributed by atoms with Gasteiger partial charge in [0.2, 0.25) is 0 Å². The Hall–Kier alpha value is -1.85. The van der Waals surface area contributed by atoms with Crippen LogP contribution in [0.4, 0.5) is 0 Å². The number of hydrogen-bond acceptors (Lipinski definition) is 6. The first kappa shape index (κ1) is 18.9. The van der Waals surface area contributed by atoms with E-state index in [1.807, 2.05) is 0 Å². The van der Waals surface area contributed by atoms with E-state index in [-0.39, 0.29) is 23.8 Å². The first-order valence-corrected chi connectivity index (χ1v) is 11.6. The van der Waals surface area contributed by atoms with E-state index >= 15 is 0 Å². The monoisotopic (exact) mass is 414 g/mol. The Bertz CT molecular complexity index is 817. The third-order valence-electron chi connectivity index (χ3n) is 9.49. The first-order valence-electron chi connectivity index (χ1n) is 11.6. The van der Waals surface area contributed by atoms with E-state index in [9.17, 15) is 14.4 Å². The van der Waals surface area contributed by atoms with Gasteiger partial charge < -0.3 is 14.2 Å². The maximum absolute atomic E-state index is 13.5. The van der Waals surface area contributed by atoms with Crippen molar-refractivity contribution in [3.8, 4) is 0 Å². The highest BCUT2D eigenvalue weighted by molar-refractivity contribution is 5.88. The molecule has 162 valence electrons. The van der Waals surface area contributed by atoms with E-state index in [0.717, 1.165) is 37.5 Å². The largest absolute Gasteiger partial charge is 0.459 e. The van der Waals surface area contributed by atoms with Gasteiger partial charge in [-0.2, -0.15) is 0 Å². The summed E-state index contributed by atoms with van der Waals surface area (Å²) >= 11 is 0. The van der Waals surface area contributed by atoms with Gasteiger partial charge in [0.25, 0.3) is 0 Å². The molecule has 6 unspecified atom stereocenters. The van der Waals surface area contributed by atoms with Crippen molar-refractivity contribution in [3.63, 3.8) is 0 Å². The summed E-state index contributed by atoms with van der Waals surface area (Å²) in [6.45, 7) is 7.36. The van der Waals surface area contributed by atoms with Gasteiger partial charge in [-0.3, -0.25) is 9.59 Å². The maximum Gasteiger partial charge on any atom is 0.333 e. The van der Waals surface area contributed by atoms with Gasteiger partial charge in [0.05, 0.1) is 11.8 Å². The fraction of sp³-hybridized carbons (Fsp3) is 0.792. The number of carbonyl (C=O) groups is 3. The minimum atomic E-state index is -0.578. The van der Waals surface area contributed by atoms with Crippen molar-refractivity contribution in [1.29, 1.82) is 0 Å². The molecule has 0 aromatic heterocycles. The second-order valence-electron chi connectivity index (χ2n) is 11.1. The van der Waals surface area contributed by atoms with Crippen molar-refractivity contribution >= 4 is 17.9 Å². The van der Waals surface area contributed by atoms with Crippen molar-refractivity contribution in [3.05, 3.63) is 12.2 Å². The quantitative estimate of drug-likeness (QED) is 0.400. The van der Waals surface area contributed by atoms with Crippen molar-refractivity contribution in [2.75, 3.05) is 0 Å². The molecule has 6 atom stereocenters. The molecule has 0 N–H and O–H groups in total. The third kappa shape index (κ3) is 2.39. The van der Waals surface area contributed by atoms with Crippen LogP contribution in [0.25, 0.3) is 0 Å². The van der Waals surface area contributed by atoms with Crippen LogP contribution in [-0.4, -0.2) is 35.7 Å². The van der Waals surface area contributed by atoms with Crippen LogP contribution in [0.3, 0.4) is 0 Å². The van der Waals surface area contributed by atoms with Gasteiger partial charge in [0.15, 0.2) is 0 Å². The average molecular weight is 414 g/mol. The molecular weight excluding hydrogens is 384 g/mol. The fourth-order valence-corrected chi connectivity index (χ4v) is 8.26. The van der Waals surface area contributed by atoms with Gasteiger partial charge >= 0.3 is 17.9 Å². The zero-order valence-electron chi connectivity index (χ0n) is 17.7. The second-order valence-corrected chi connectivity index (χ2v) is 11.1. The molecule has 7 aliphatic rings. The van der Waals surface area contributed by atoms with Crippen LogP contribution in [0.15, 0.2) is 12.2 Å². The molecule has 0 aromatic carbocycles. The summed E-state index contributed by atoms with van der Waals surface area (Å²) in [6, 6.07) is 0. The molecule has 6 saturated carbocycles. The van der Waals surface area contributed by atoms with E-state index in [1.165, 1.54) is 6.42 Å². The summed E-state index contributed by atoms with van der Waals surface area (Å²) in [6.07, 6.45) is 5.61. The van der Waals surface area contributed by atoms with Gasteiger partial charge in [0.1, 0.15) is 17.8 Å². The lowest BCUT2D eigenvalue weighted by Gasteiger charge is -2.59. The van der Waals surface area contributed by atoms with Crippen molar-refractivity contribution in [2.24, 2.45) is 47.3 Å². The lowest BCUT2D eigenvalue weighted by atomic mass is 9.50. The van der Waals surface area contributed by atoms with Crippen LogP contribution in [-0.2, 0) is 28.6 Å². The standard InChI is InChI=1S/C24H30O6/c1-10(2)21(25)28-19-16-9-15-17(22(26)29-20(15)19)18(16)23(27)30-24(3)13-5-11-4-12(7-13)8-14(24)6-11/h11-20H,1,4-9H2,2-3H3. The number of fused-ring (bicyclic) bond motifs is 1. The fourth-order valence-electron chi connectivity index (χ4n) is 8.26. The molecule has 0 radical (unpaired) electrons. The highest BCUT2D eigenvalue weighted by atomic mass is 16.6. The van der Waals surface area contributed by atoms with Crippen molar-refractivity contribution < 1.29 is 28.6 Å². The molecule has 6 heteroatoms. The van der Waals surface area contributed by atoms with Crippen LogP contribution in [0, 0.1) is 47.3 Å². The Labute approximate surface area is 176 Å². The summed E-state index contributed by atoms with van der Waals surface area (Å²) in [4.78, 5) is 38.3. The predicted octanol–water partition coefficient (Wildman–Crippen LogP) is 3.04. The number of rotatable bonds is 4.